The Morgan fingerprint density at radius 2 is 1.63 bits per heavy atom. The van der Waals surface area contributed by atoms with Gasteiger partial charge in [0.2, 0.25) is 0 Å². The Labute approximate surface area is 117 Å². The highest BCUT2D eigenvalue weighted by atomic mass is 16.1. The minimum Gasteiger partial charge on any atom is -0.294 e. The number of Topliss-reactive ketones (excluding diaryl/α,β-unsaturated/α-hetero) is 1. The van der Waals surface area contributed by atoms with Gasteiger partial charge in [0.1, 0.15) is 0 Å². The van der Waals surface area contributed by atoms with E-state index < -0.39 is 0 Å². The summed E-state index contributed by atoms with van der Waals surface area (Å²) in [4.78, 5) is 14.6. The van der Waals surface area contributed by atoms with Crippen LogP contribution in [0.1, 0.15) is 50.0 Å². The Bertz CT molecular complexity index is 408. The van der Waals surface area contributed by atoms with E-state index in [0.717, 1.165) is 12.0 Å². The zero-order valence-corrected chi connectivity index (χ0v) is 13.1. The molecule has 2 nitrogen and oxygen atoms in total. The fraction of sp³-hybridized carbons (Fsp3) is 0.588. The lowest BCUT2D eigenvalue weighted by atomic mass is 9.99. The summed E-state index contributed by atoms with van der Waals surface area (Å²) >= 11 is 0. The molecule has 19 heavy (non-hydrogen) atoms. The lowest BCUT2D eigenvalue weighted by Crippen LogP contribution is -2.42. The van der Waals surface area contributed by atoms with Crippen LogP contribution in [-0.2, 0) is 0 Å². The van der Waals surface area contributed by atoms with E-state index >= 15 is 0 Å². The molecule has 0 heterocycles. The topological polar surface area (TPSA) is 20.3 Å². The molecule has 0 saturated heterocycles. The van der Waals surface area contributed by atoms with Crippen molar-refractivity contribution >= 4 is 5.78 Å². The molecule has 1 aromatic rings. The van der Waals surface area contributed by atoms with Gasteiger partial charge in [-0.2, -0.15) is 0 Å². The van der Waals surface area contributed by atoms with Gasteiger partial charge in [0.25, 0.3) is 0 Å². The van der Waals surface area contributed by atoms with E-state index in [2.05, 4.69) is 25.7 Å². The highest BCUT2D eigenvalue weighted by Crippen LogP contribution is 2.15. The summed E-state index contributed by atoms with van der Waals surface area (Å²) in [6.07, 6.45) is 1.11. The first-order chi connectivity index (χ1) is 8.82. The summed E-state index contributed by atoms with van der Waals surface area (Å²) < 4.78 is 0. The van der Waals surface area contributed by atoms with E-state index in [1.54, 1.807) is 0 Å². The number of carbonyl (C=O) groups is 1. The molecule has 0 bridgehead atoms. The second-order valence-electron chi connectivity index (χ2n) is 6.05. The van der Waals surface area contributed by atoms with Crippen molar-refractivity contribution in [1.82, 2.24) is 4.90 Å². The molecule has 0 aliphatic rings. The second-order valence-corrected chi connectivity index (χ2v) is 6.05. The molecule has 0 fully saturated rings. The normalized spacial score (nSPS) is 14.7. The molecule has 2 atom stereocenters. The maximum atomic E-state index is 12.4. The van der Waals surface area contributed by atoms with Gasteiger partial charge in [-0.25, -0.2) is 0 Å². The first kappa shape index (κ1) is 15.9. The van der Waals surface area contributed by atoms with Crippen LogP contribution in [0.5, 0.6) is 0 Å². The molecule has 0 aliphatic carbocycles. The molecule has 1 rings (SSSR count). The van der Waals surface area contributed by atoms with Crippen molar-refractivity contribution in [2.24, 2.45) is 5.92 Å². The summed E-state index contributed by atoms with van der Waals surface area (Å²) in [7, 11) is 2.05. The maximum Gasteiger partial charge on any atom is 0.179 e. The average molecular weight is 261 g/mol. The summed E-state index contributed by atoms with van der Waals surface area (Å²) in [5, 5.41) is 0. The Kier molecular flexibility index (Phi) is 5.74. The van der Waals surface area contributed by atoms with E-state index in [4.69, 9.17) is 0 Å². The van der Waals surface area contributed by atoms with Gasteiger partial charge in [-0.1, -0.05) is 43.7 Å². The molecule has 0 aromatic heterocycles. The molecule has 2 heteroatoms. The van der Waals surface area contributed by atoms with E-state index in [0.29, 0.717) is 12.0 Å². The SMILES string of the molecule is Cc1ccc(C(=O)C(C)N(C)C(C)CC(C)C)cc1. The molecule has 1 aromatic carbocycles. The number of rotatable bonds is 6. The fourth-order valence-corrected chi connectivity index (χ4v) is 2.37. The van der Waals surface area contributed by atoms with Crippen molar-refractivity contribution in [1.29, 1.82) is 0 Å². The number of hydrogen-bond donors (Lipinski definition) is 0. The number of ketones is 1. The largest absolute Gasteiger partial charge is 0.294 e. The summed E-state index contributed by atoms with van der Waals surface area (Å²) in [6.45, 7) is 10.7. The molecule has 0 aliphatic heterocycles. The van der Waals surface area contributed by atoms with Crippen molar-refractivity contribution in [2.75, 3.05) is 7.05 Å². The van der Waals surface area contributed by atoms with E-state index in [1.165, 1.54) is 5.56 Å². The van der Waals surface area contributed by atoms with Crippen molar-refractivity contribution in [2.45, 2.75) is 53.1 Å². The van der Waals surface area contributed by atoms with Crippen LogP contribution in [0.3, 0.4) is 0 Å². The van der Waals surface area contributed by atoms with Crippen LogP contribution < -0.4 is 0 Å². The monoisotopic (exact) mass is 261 g/mol. The maximum absolute atomic E-state index is 12.4. The smallest absolute Gasteiger partial charge is 0.179 e. The predicted octanol–water partition coefficient (Wildman–Crippen LogP) is 3.93. The lowest BCUT2D eigenvalue weighted by Gasteiger charge is -2.31. The van der Waals surface area contributed by atoms with E-state index in [-0.39, 0.29) is 11.8 Å². The zero-order valence-electron chi connectivity index (χ0n) is 13.1. The van der Waals surface area contributed by atoms with Crippen LogP contribution in [0.4, 0.5) is 0 Å². The second kappa shape index (κ2) is 6.85. The predicted molar refractivity (Wildman–Crippen MR) is 81.7 cm³/mol. The number of carbonyl (C=O) groups excluding carboxylic acids is 1. The quantitative estimate of drug-likeness (QED) is 0.723. The van der Waals surface area contributed by atoms with Gasteiger partial charge in [-0.05, 0) is 40.2 Å². The van der Waals surface area contributed by atoms with Gasteiger partial charge < -0.3 is 0 Å². The third-order valence-corrected chi connectivity index (χ3v) is 3.83. The summed E-state index contributed by atoms with van der Waals surface area (Å²) in [5.41, 5.74) is 1.99. The fourth-order valence-electron chi connectivity index (χ4n) is 2.37. The molecule has 2 unspecified atom stereocenters. The lowest BCUT2D eigenvalue weighted by molar-refractivity contribution is 0.0811. The number of hydrogen-bond acceptors (Lipinski definition) is 2. The van der Waals surface area contributed by atoms with Gasteiger partial charge in [0, 0.05) is 11.6 Å². The van der Waals surface area contributed by atoms with Crippen molar-refractivity contribution in [3.63, 3.8) is 0 Å². The third kappa shape index (κ3) is 4.46. The van der Waals surface area contributed by atoms with Crippen molar-refractivity contribution in [3.05, 3.63) is 35.4 Å². The molecule has 0 amide bonds. The van der Waals surface area contributed by atoms with Crippen molar-refractivity contribution < 1.29 is 4.79 Å². The molecular formula is C17H27NO. The van der Waals surface area contributed by atoms with Gasteiger partial charge in [-0.15, -0.1) is 0 Å². The highest BCUT2D eigenvalue weighted by molar-refractivity contribution is 5.99. The molecule has 0 spiro atoms. The first-order valence-corrected chi connectivity index (χ1v) is 7.15. The van der Waals surface area contributed by atoms with Gasteiger partial charge in [0.15, 0.2) is 5.78 Å². The minimum atomic E-state index is -0.0727. The van der Waals surface area contributed by atoms with Gasteiger partial charge in [-0.3, -0.25) is 9.69 Å². The molecule has 0 radical (unpaired) electrons. The number of aryl methyl sites for hydroxylation is 1. The molecule has 0 saturated carbocycles. The van der Waals surface area contributed by atoms with Crippen LogP contribution >= 0.6 is 0 Å². The molecule has 0 N–H and O–H groups in total. The third-order valence-electron chi connectivity index (χ3n) is 3.83. The van der Waals surface area contributed by atoms with Crippen LogP contribution in [0.15, 0.2) is 24.3 Å². The van der Waals surface area contributed by atoms with E-state index in [9.17, 15) is 4.79 Å². The van der Waals surface area contributed by atoms with Crippen LogP contribution in [0.25, 0.3) is 0 Å². The number of benzene rings is 1. The number of nitrogens with zero attached hydrogens (tertiary/aromatic N) is 1. The van der Waals surface area contributed by atoms with Crippen molar-refractivity contribution in [3.8, 4) is 0 Å². The Balaban J connectivity index is 2.73. The standard InChI is InChI=1S/C17H27NO/c1-12(2)11-14(4)18(6)15(5)17(19)16-9-7-13(3)8-10-16/h7-10,12,14-15H,11H2,1-6H3. The van der Waals surface area contributed by atoms with Gasteiger partial charge in [0.05, 0.1) is 6.04 Å². The summed E-state index contributed by atoms with van der Waals surface area (Å²) in [6, 6.07) is 8.19. The highest BCUT2D eigenvalue weighted by Gasteiger charge is 2.23. The average Bonchev–Trinajstić information content (AvgIpc) is 2.36. The van der Waals surface area contributed by atoms with Crippen LogP contribution in [0.2, 0.25) is 0 Å². The molecule has 106 valence electrons. The van der Waals surface area contributed by atoms with Crippen LogP contribution in [0, 0.1) is 12.8 Å². The minimum absolute atomic E-state index is 0.0727. The Morgan fingerprint density at radius 1 is 1.11 bits per heavy atom. The zero-order chi connectivity index (χ0) is 14.6. The Hall–Kier alpha value is -1.15. The molecular weight excluding hydrogens is 234 g/mol. The summed E-state index contributed by atoms with van der Waals surface area (Å²) in [5.74, 6) is 0.859. The first-order valence-electron chi connectivity index (χ1n) is 7.15. The van der Waals surface area contributed by atoms with E-state index in [1.807, 2.05) is 45.2 Å². The Morgan fingerprint density at radius 3 is 2.11 bits per heavy atom. The van der Waals surface area contributed by atoms with Crippen LogP contribution in [-0.4, -0.2) is 29.8 Å². The number of likely N-dealkylation sites (N-methyl/N-ethyl adjacent to an activating group) is 1. The van der Waals surface area contributed by atoms with Gasteiger partial charge >= 0.3 is 0 Å².